The summed E-state index contributed by atoms with van der Waals surface area (Å²) in [6, 6.07) is 0. The van der Waals surface area contributed by atoms with E-state index in [2.05, 4.69) is 4.90 Å². The van der Waals surface area contributed by atoms with Crippen LogP contribution < -0.4 is 0 Å². The summed E-state index contributed by atoms with van der Waals surface area (Å²) in [5.41, 5.74) is -0.382. The molecule has 0 atom stereocenters. The highest BCUT2D eigenvalue weighted by atomic mass is 16.6. The monoisotopic (exact) mass is 258 g/mol. The Hall–Kier alpha value is -1.30. The van der Waals surface area contributed by atoms with Crippen molar-refractivity contribution in [3.05, 3.63) is 0 Å². The second kappa shape index (κ2) is 6.04. The van der Waals surface area contributed by atoms with Crippen LogP contribution >= 0.6 is 0 Å². The summed E-state index contributed by atoms with van der Waals surface area (Å²) in [6.45, 7) is 8.53. The first-order valence-electron chi connectivity index (χ1n) is 6.25. The Morgan fingerprint density at radius 1 is 1.22 bits per heavy atom. The maximum atomic E-state index is 11.5. The Morgan fingerprint density at radius 2 is 1.78 bits per heavy atom. The fourth-order valence-electron chi connectivity index (χ4n) is 2.19. The number of hydrogen-bond donors (Lipinski definition) is 1. The first kappa shape index (κ1) is 14.8. The molecule has 6 heteroatoms. The van der Waals surface area contributed by atoms with Crippen molar-refractivity contribution in [3.63, 3.8) is 0 Å². The number of carboxylic acids is 1. The standard InChI is InChI=1S/C12H22N2O4/c1-4-18-11(17)13-5-7-14(8-6-13)12(2,3)9-10(15)16/h4-9H2,1-3H3,(H,15,16). The van der Waals surface area contributed by atoms with Crippen molar-refractivity contribution in [2.24, 2.45) is 0 Å². The normalized spacial score (nSPS) is 17.6. The molecule has 1 saturated heterocycles. The number of carbonyl (C=O) groups is 2. The van der Waals surface area contributed by atoms with E-state index in [0.29, 0.717) is 32.8 Å². The van der Waals surface area contributed by atoms with Gasteiger partial charge < -0.3 is 14.7 Å². The molecule has 1 fully saturated rings. The Kier molecular flexibility index (Phi) is 4.95. The van der Waals surface area contributed by atoms with Gasteiger partial charge in [0.2, 0.25) is 0 Å². The molecule has 0 aromatic heterocycles. The lowest BCUT2D eigenvalue weighted by Crippen LogP contribution is -2.56. The fraction of sp³-hybridized carbons (Fsp3) is 0.833. The first-order chi connectivity index (χ1) is 8.36. The minimum Gasteiger partial charge on any atom is -0.481 e. The van der Waals surface area contributed by atoms with E-state index < -0.39 is 5.97 Å². The second-order valence-electron chi connectivity index (χ2n) is 5.06. The summed E-state index contributed by atoms with van der Waals surface area (Å²) in [7, 11) is 0. The van der Waals surface area contributed by atoms with E-state index in [1.165, 1.54) is 0 Å². The van der Waals surface area contributed by atoms with Crippen LogP contribution in [0.4, 0.5) is 4.79 Å². The number of piperazine rings is 1. The number of carbonyl (C=O) groups excluding carboxylic acids is 1. The number of ether oxygens (including phenoxy) is 1. The first-order valence-corrected chi connectivity index (χ1v) is 6.25. The summed E-state index contributed by atoms with van der Waals surface area (Å²) in [4.78, 5) is 26.1. The van der Waals surface area contributed by atoms with Crippen LogP contribution in [-0.4, -0.2) is 65.3 Å². The number of nitrogens with zero attached hydrogens (tertiary/aromatic N) is 2. The van der Waals surface area contributed by atoms with Crippen LogP contribution in [0.15, 0.2) is 0 Å². The van der Waals surface area contributed by atoms with Crippen LogP contribution in [0.25, 0.3) is 0 Å². The number of carboxylic acid groups (broad SMARTS) is 1. The number of rotatable bonds is 4. The third-order valence-electron chi connectivity index (χ3n) is 3.25. The molecule has 0 spiro atoms. The third kappa shape index (κ3) is 3.87. The van der Waals surface area contributed by atoms with Crippen LogP contribution in [0, 0.1) is 0 Å². The van der Waals surface area contributed by atoms with Gasteiger partial charge in [-0.15, -0.1) is 0 Å². The zero-order chi connectivity index (χ0) is 13.8. The highest BCUT2D eigenvalue weighted by Gasteiger charge is 2.33. The van der Waals surface area contributed by atoms with E-state index in [-0.39, 0.29) is 18.1 Å². The van der Waals surface area contributed by atoms with Gasteiger partial charge in [0.25, 0.3) is 0 Å². The summed E-state index contributed by atoms with van der Waals surface area (Å²) in [5.74, 6) is -0.798. The number of amides is 1. The second-order valence-corrected chi connectivity index (χ2v) is 5.06. The van der Waals surface area contributed by atoms with Crippen molar-refractivity contribution in [1.82, 2.24) is 9.80 Å². The average Bonchev–Trinajstić information content (AvgIpc) is 2.28. The molecular formula is C12H22N2O4. The Labute approximate surface area is 107 Å². The van der Waals surface area contributed by atoms with Gasteiger partial charge >= 0.3 is 12.1 Å². The zero-order valence-electron chi connectivity index (χ0n) is 11.3. The van der Waals surface area contributed by atoms with Gasteiger partial charge in [-0.05, 0) is 20.8 Å². The van der Waals surface area contributed by atoms with Gasteiger partial charge in [0.05, 0.1) is 13.0 Å². The molecule has 18 heavy (non-hydrogen) atoms. The molecule has 0 aromatic carbocycles. The van der Waals surface area contributed by atoms with Crippen molar-refractivity contribution in [1.29, 1.82) is 0 Å². The molecule has 6 nitrogen and oxygen atoms in total. The minimum atomic E-state index is -0.798. The lowest BCUT2D eigenvalue weighted by atomic mass is 9.97. The summed E-state index contributed by atoms with van der Waals surface area (Å²) in [5, 5.41) is 8.88. The molecule has 1 amide bonds. The summed E-state index contributed by atoms with van der Waals surface area (Å²) >= 11 is 0. The van der Waals surface area contributed by atoms with Crippen molar-refractivity contribution in [2.75, 3.05) is 32.8 Å². The van der Waals surface area contributed by atoms with Gasteiger partial charge in [0, 0.05) is 31.7 Å². The van der Waals surface area contributed by atoms with Crippen molar-refractivity contribution in [3.8, 4) is 0 Å². The summed E-state index contributed by atoms with van der Waals surface area (Å²) < 4.78 is 4.94. The van der Waals surface area contributed by atoms with E-state index in [4.69, 9.17) is 9.84 Å². The Balaban J connectivity index is 2.48. The van der Waals surface area contributed by atoms with Gasteiger partial charge in [0.1, 0.15) is 0 Å². The molecule has 0 saturated carbocycles. The maximum Gasteiger partial charge on any atom is 0.409 e. The third-order valence-corrected chi connectivity index (χ3v) is 3.25. The molecule has 1 N–H and O–H groups in total. The van der Waals surface area contributed by atoms with Crippen molar-refractivity contribution in [2.45, 2.75) is 32.7 Å². The average molecular weight is 258 g/mol. The molecule has 0 radical (unpaired) electrons. The predicted molar refractivity (Wildman–Crippen MR) is 66.5 cm³/mol. The molecule has 104 valence electrons. The fourth-order valence-corrected chi connectivity index (χ4v) is 2.19. The summed E-state index contributed by atoms with van der Waals surface area (Å²) in [6.07, 6.45) is -0.181. The molecule has 1 rings (SSSR count). The van der Waals surface area contributed by atoms with Gasteiger partial charge in [-0.1, -0.05) is 0 Å². The lowest BCUT2D eigenvalue weighted by Gasteiger charge is -2.43. The van der Waals surface area contributed by atoms with E-state index in [0.717, 1.165) is 0 Å². The van der Waals surface area contributed by atoms with Gasteiger partial charge in [-0.25, -0.2) is 4.79 Å². The van der Waals surface area contributed by atoms with Gasteiger partial charge in [-0.2, -0.15) is 0 Å². The van der Waals surface area contributed by atoms with E-state index in [1.807, 2.05) is 13.8 Å². The predicted octanol–water partition coefficient (Wildman–Crippen LogP) is 1.01. The molecule has 0 aromatic rings. The maximum absolute atomic E-state index is 11.5. The number of aliphatic carboxylic acids is 1. The molecular weight excluding hydrogens is 236 g/mol. The van der Waals surface area contributed by atoms with Crippen molar-refractivity contribution < 1.29 is 19.4 Å². The minimum absolute atomic E-state index is 0.104. The van der Waals surface area contributed by atoms with E-state index in [1.54, 1.807) is 11.8 Å². The largest absolute Gasteiger partial charge is 0.481 e. The zero-order valence-corrected chi connectivity index (χ0v) is 11.3. The van der Waals surface area contributed by atoms with Crippen LogP contribution in [-0.2, 0) is 9.53 Å². The highest BCUT2D eigenvalue weighted by molar-refractivity contribution is 5.68. The van der Waals surface area contributed by atoms with Crippen LogP contribution in [0.3, 0.4) is 0 Å². The Morgan fingerprint density at radius 3 is 2.22 bits per heavy atom. The van der Waals surface area contributed by atoms with Crippen LogP contribution in [0.5, 0.6) is 0 Å². The molecule has 0 aliphatic carbocycles. The van der Waals surface area contributed by atoms with Crippen molar-refractivity contribution >= 4 is 12.1 Å². The van der Waals surface area contributed by atoms with Gasteiger partial charge in [-0.3, -0.25) is 9.69 Å². The topological polar surface area (TPSA) is 70.1 Å². The van der Waals surface area contributed by atoms with E-state index >= 15 is 0 Å². The van der Waals surface area contributed by atoms with E-state index in [9.17, 15) is 9.59 Å². The smallest absolute Gasteiger partial charge is 0.409 e. The molecule has 0 bridgehead atoms. The Bertz CT molecular complexity index is 309. The quantitative estimate of drug-likeness (QED) is 0.815. The van der Waals surface area contributed by atoms with Gasteiger partial charge in [0.15, 0.2) is 0 Å². The molecule has 1 heterocycles. The molecule has 1 aliphatic heterocycles. The highest BCUT2D eigenvalue weighted by Crippen LogP contribution is 2.20. The number of hydrogen-bond acceptors (Lipinski definition) is 4. The van der Waals surface area contributed by atoms with Crippen LogP contribution in [0.2, 0.25) is 0 Å². The molecule has 0 unspecified atom stereocenters. The SMILES string of the molecule is CCOC(=O)N1CCN(C(C)(C)CC(=O)O)CC1. The van der Waals surface area contributed by atoms with Crippen LogP contribution in [0.1, 0.15) is 27.2 Å². The molecule has 1 aliphatic rings. The lowest BCUT2D eigenvalue weighted by molar-refractivity contribution is -0.140.